The van der Waals surface area contributed by atoms with E-state index in [-0.39, 0.29) is 28.7 Å². The van der Waals surface area contributed by atoms with Crippen molar-refractivity contribution in [1.29, 1.82) is 0 Å². The number of aromatic carboxylic acids is 1. The van der Waals surface area contributed by atoms with Gasteiger partial charge in [0.2, 0.25) is 11.3 Å². The first-order valence-electron chi connectivity index (χ1n) is 13.3. The van der Waals surface area contributed by atoms with Crippen molar-refractivity contribution in [1.82, 2.24) is 24.2 Å². The lowest BCUT2D eigenvalue weighted by atomic mass is 10.1. The summed E-state index contributed by atoms with van der Waals surface area (Å²) in [6.07, 6.45) is 4.74. The number of rotatable bonds is 8. The highest BCUT2D eigenvalue weighted by molar-refractivity contribution is 7.99. The van der Waals surface area contributed by atoms with Crippen LogP contribution in [-0.4, -0.2) is 73.1 Å². The molecule has 12 heteroatoms. The van der Waals surface area contributed by atoms with Gasteiger partial charge in [-0.3, -0.25) is 14.2 Å². The molecule has 1 aliphatic carbocycles. The van der Waals surface area contributed by atoms with Crippen LogP contribution in [0.2, 0.25) is 0 Å². The van der Waals surface area contributed by atoms with E-state index in [0.717, 1.165) is 24.5 Å². The van der Waals surface area contributed by atoms with E-state index in [9.17, 15) is 19.5 Å². The molecule has 2 aromatic carbocycles. The van der Waals surface area contributed by atoms with E-state index in [1.165, 1.54) is 18.0 Å². The monoisotopic (exact) mass is 574 g/mol. The normalized spacial score (nSPS) is 15.3. The number of piperazine rings is 1. The lowest BCUT2D eigenvalue weighted by molar-refractivity contribution is -0.128. The number of carbonyl (C=O) groups excluding carboxylic acids is 1. The summed E-state index contributed by atoms with van der Waals surface area (Å²) in [7, 11) is 0. The van der Waals surface area contributed by atoms with Crippen LogP contribution in [0.15, 0.2) is 65.2 Å². The predicted molar refractivity (Wildman–Crippen MR) is 155 cm³/mol. The number of carboxylic acids is 1. The van der Waals surface area contributed by atoms with Crippen molar-refractivity contribution in [2.75, 3.05) is 36.8 Å². The van der Waals surface area contributed by atoms with Gasteiger partial charge in [-0.25, -0.2) is 9.18 Å². The van der Waals surface area contributed by atoms with Crippen molar-refractivity contribution in [3.8, 4) is 11.4 Å². The van der Waals surface area contributed by atoms with E-state index in [1.54, 1.807) is 26.3 Å². The molecule has 0 atom stereocenters. The summed E-state index contributed by atoms with van der Waals surface area (Å²) in [5.74, 6) is -1.15. The van der Waals surface area contributed by atoms with Crippen LogP contribution in [0.5, 0.6) is 0 Å². The Labute approximate surface area is 238 Å². The van der Waals surface area contributed by atoms with Crippen LogP contribution in [0, 0.1) is 5.82 Å². The first-order chi connectivity index (χ1) is 19.9. The Balaban J connectivity index is 1.14. The van der Waals surface area contributed by atoms with Crippen molar-refractivity contribution < 1.29 is 19.1 Å². The van der Waals surface area contributed by atoms with Crippen LogP contribution in [0.4, 0.5) is 10.1 Å². The van der Waals surface area contributed by atoms with E-state index in [0.29, 0.717) is 48.4 Å². The van der Waals surface area contributed by atoms with Crippen LogP contribution >= 0.6 is 11.8 Å². The van der Waals surface area contributed by atoms with Crippen molar-refractivity contribution in [2.24, 2.45) is 0 Å². The Morgan fingerprint density at radius 3 is 2.49 bits per heavy atom. The maximum atomic E-state index is 15.3. The van der Waals surface area contributed by atoms with Gasteiger partial charge in [0.05, 0.1) is 17.0 Å². The average molecular weight is 575 g/mol. The molecule has 1 amide bonds. The molecule has 6 rings (SSSR count). The van der Waals surface area contributed by atoms with Crippen LogP contribution in [0.25, 0.3) is 28.5 Å². The Morgan fingerprint density at radius 2 is 1.83 bits per heavy atom. The Bertz CT molecular complexity index is 1720. The highest BCUT2D eigenvalue weighted by Crippen LogP contribution is 2.38. The minimum atomic E-state index is -1.32. The highest BCUT2D eigenvalue weighted by Gasteiger charge is 2.29. The molecule has 0 radical (unpaired) electrons. The standard InChI is InChI=1S/C29H27FN6O4S/c1-2-35-27(18-6-4-3-5-7-18)31-32-29(35)41-17-25(37)34-12-10-33(11-13-34)24-15-23-20(14-22(24)30)26(38)21(28(39)40)16-36(23)19-8-9-19/h2-7,14-16,19H,1,8-13,17H2,(H,39,40). The maximum absolute atomic E-state index is 15.3. The summed E-state index contributed by atoms with van der Waals surface area (Å²) in [5, 5.41) is 18.6. The van der Waals surface area contributed by atoms with Crippen molar-refractivity contribution >= 4 is 46.4 Å². The smallest absolute Gasteiger partial charge is 0.341 e. The molecule has 1 saturated heterocycles. The molecule has 10 nitrogen and oxygen atoms in total. The number of fused-ring (bicyclic) bond motifs is 1. The number of carbonyl (C=O) groups is 2. The molecule has 2 aliphatic rings. The van der Waals surface area contributed by atoms with Gasteiger partial charge in [0.15, 0.2) is 11.0 Å². The number of halogens is 1. The summed E-state index contributed by atoms with van der Waals surface area (Å²) in [6, 6.07) is 12.5. The highest BCUT2D eigenvalue weighted by atomic mass is 32.2. The fourth-order valence-corrected chi connectivity index (χ4v) is 5.98. The first kappa shape index (κ1) is 26.8. The molecule has 2 fully saturated rings. The van der Waals surface area contributed by atoms with E-state index in [2.05, 4.69) is 16.8 Å². The van der Waals surface area contributed by atoms with E-state index < -0.39 is 17.2 Å². The number of hydrogen-bond acceptors (Lipinski definition) is 7. The maximum Gasteiger partial charge on any atom is 0.341 e. The largest absolute Gasteiger partial charge is 0.477 e. The van der Waals surface area contributed by atoms with E-state index in [4.69, 9.17) is 0 Å². The molecule has 210 valence electrons. The zero-order valence-corrected chi connectivity index (χ0v) is 22.9. The van der Waals surface area contributed by atoms with Gasteiger partial charge in [-0.15, -0.1) is 10.2 Å². The molecule has 1 N–H and O–H groups in total. The van der Waals surface area contributed by atoms with Gasteiger partial charge in [0.1, 0.15) is 11.4 Å². The Morgan fingerprint density at radius 1 is 1.10 bits per heavy atom. The van der Waals surface area contributed by atoms with Crippen LogP contribution in [0.3, 0.4) is 0 Å². The quantitative estimate of drug-likeness (QED) is 0.315. The van der Waals surface area contributed by atoms with Crippen LogP contribution in [-0.2, 0) is 4.79 Å². The number of amides is 1. The van der Waals surface area contributed by atoms with Gasteiger partial charge in [-0.2, -0.15) is 0 Å². The molecule has 0 spiro atoms. The van der Waals surface area contributed by atoms with E-state index >= 15 is 4.39 Å². The molecular weight excluding hydrogens is 547 g/mol. The molecule has 41 heavy (non-hydrogen) atoms. The molecule has 4 aromatic rings. The first-order valence-corrected chi connectivity index (χ1v) is 14.2. The fourth-order valence-electron chi connectivity index (χ4n) is 5.15. The molecule has 3 heterocycles. The van der Waals surface area contributed by atoms with Crippen molar-refractivity contribution in [2.45, 2.75) is 24.0 Å². The zero-order chi connectivity index (χ0) is 28.7. The number of hydrogen-bond donors (Lipinski definition) is 1. The summed E-state index contributed by atoms with van der Waals surface area (Å²) in [4.78, 5) is 41.0. The number of benzene rings is 2. The van der Waals surface area contributed by atoms with Gasteiger partial charge in [0, 0.05) is 55.6 Å². The third kappa shape index (κ3) is 5.10. The molecule has 2 aromatic heterocycles. The lowest BCUT2D eigenvalue weighted by Crippen LogP contribution is -2.49. The number of aromatic nitrogens is 4. The van der Waals surface area contributed by atoms with Crippen LogP contribution < -0.4 is 10.3 Å². The summed E-state index contributed by atoms with van der Waals surface area (Å²) in [6.45, 7) is 5.51. The van der Waals surface area contributed by atoms with Crippen LogP contribution in [0.1, 0.15) is 29.2 Å². The third-order valence-electron chi connectivity index (χ3n) is 7.45. The number of anilines is 1. The van der Waals surface area contributed by atoms with Gasteiger partial charge < -0.3 is 19.5 Å². The summed E-state index contributed by atoms with van der Waals surface area (Å²) in [5.41, 5.74) is 0.708. The molecule has 0 unspecified atom stereocenters. The average Bonchev–Trinajstić information content (AvgIpc) is 3.75. The Kier molecular flexibility index (Phi) is 7.08. The summed E-state index contributed by atoms with van der Waals surface area (Å²) >= 11 is 1.28. The minimum Gasteiger partial charge on any atom is -0.477 e. The number of nitrogens with zero attached hydrogens (tertiary/aromatic N) is 6. The van der Waals surface area contributed by atoms with Gasteiger partial charge in [-0.05, 0) is 25.0 Å². The minimum absolute atomic E-state index is 0.0581. The predicted octanol–water partition coefficient (Wildman–Crippen LogP) is 3.97. The third-order valence-corrected chi connectivity index (χ3v) is 8.38. The van der Waals surface area contributed by atoms with Gasteiger partial charge in [-0.1, -0.05) is 48.7 Å². The Hall–Kier alpha value is -4.45. The number of pyridine rings is 1. The SMILES string of the molecule is C=Cn1c(SCC(=O)N2CCN(c3cc4c(cc3F)c(=O)c(C(=O)O)cn4C3CC3)CC2)nnc1-c1ccccc1. The second-order valence-corrected chi connectivity index (χ2v) is 11.0. The van der Waals surface area contributed by atoms with Crippen molar-refractivity contribution in [3.05, 3.63) is 76.8 Å². The fraction of sp³-hybridized carbons (Fsp3) is 0.276. The topological polar surface area (TPSA) is 114 Å². The van der Waals surface area contributed by atoms with Crippen molar-refractivity contribution in [3.63, 3.8) is 0 Å². The molecular formula is C29H27FN6O4S. The van der Waals surface area contributed by atoms with E-state index in [1.807, 2.05) is 35.2 Å². The molecule has 1 aliphatic heterocycles. The second kappa shape index (κ2) is 10.8. The molecule has 0 bridgehead atoms. The van der Waals surface area contributed by atoms with Gasteiger partial charge in [0.25, 0.3) is 0 Å². The van der Waals surface area contributed by atoms with Gasteiger partial charge >= 0.3 is 5.97 Å². The second-order valence-electron chi connectivity index (χ2n) is 10.0. The lowest BCUT2D eigenvalue weighted by Gasteiger charge is -2.36. The number of carboxylic acid groups (broad SMARTS) is 1. The summed E-state index contributed by atoms with van der Waals surface area (Å²) < 4.78 is 18.8. The number of thioether (sulfide) groups is 1. The molecule has 1 saturated carbocycles. The zero-order valence-electron chi connectivity index (χ0n) is 22.1.